The van der Waals surface area contributed by atoms with Gasteiger partial charge < -0.3 is 19.7 Å². The maximum atomic E-state index is 12.2. The molecule has 0 atom stereocenters. The van der Waals surface area contributed by atoms with E-state index < -0.39 is 0 Å². The van der Waals surface area contributed by atoms with E-state index in [0.29, 0.717) is 23.6 Å². The van der Waals surface area contributed by atoms with Gasteiger partial charge in [0.2, 0.25) is 0 Å². The molecule has 2 aromatic rings. The molecule has 33 heavy (non-hydrogen) atoms. The molecule has 0 saturated carbocycles. The largest absolute Gasteiger partial charge is 0.494 e. The van der Waals surface area contributed by atoms with Crippen molar-refractivity contribution in [3.05, 3.63) is 77.5 Å². The molecule has 0 unspecified atom stereocenters. The topological polar surface area (TPSA) is 103 Å². The molecule has 0 spiro atoms. The van der Waals surface area contributed by atoms with Crippen LogP contribution in [0.2, 0.25) is 0 Å². The van der Waals surface area contributed by atoms with Gasteiger partial charge >= 0.3 is 0 Å². The zero-order chi connectivity index (χ0) is 24.1. The highest BCUT2D eigenvalue weighted by Crippen LogP contribution is 2.16. The highest BCUT2D eigenvalue weighted by atomic mass is 16.6. The zero-order valence-electron chi connectivity index (χ0n) is 19.4. The van der Waals surface area contributed by atoms with E-state index in [1.807, 2.05) is 36.4 Å². The monoisotopic (exact) mass is 454 g/mol. The van der Waals surface area contributed by atoms with Crippen LogP contribution < -0.4 is 15.5 Å². The van der Waals surface area contributed by atoms with Crippen molar-refractivity contribution < 1.29 is 24.0 Å². The highest BCUT2D eigenvalue weighted by Gasteiger charge is 2.17. The van der Waals surface area contributed by atoms with Gasteiger partial charge in [0, 0.05) is 18.2 Å². The number of carbonyl (C=O) groups excluding carboxylic acids is 1. The smallest absolute Gasteiger partial charge is 0.273 e. The van der Waals surface area contributed by atoms with Gasteiger partial charge in [-0.2, -0.15) is 0 Å². The van der Waals surface area contributed by atoms with Gasteiger partial charge in [-0.05, 0) is 36.2 Å². The second-order valence-corrected chi connectivity index (χ2v) is 6.72. The Morgan fingerprint density at radius 1 is 1.00 bits per heavy atom. The molecule has 176 valence electrons. The van der Waals surface area contributed by atoms with E-state index in [4.69, 9.17) is 19.2 Å². The summed E-state index contributed by atoms with van der Waals surface area (Å²) in [5, 5.41) is 10.5. The SMILES string of the molecule is C=C(NOCc1ccccc1C(=NOC)C(=O)NC)C(=NOC)c1ccc(OCCC)cc1. The standard InChI is InChI=1S/C24H30N4O5/c1-6-15-32-20-13-11-18(12-14-20)22(27-30-4)17(2)26-33-16-19-9-7-8-10-21(19)23(28-31-5)24(29)25-3/h7-14,26H,2,6,15-16H2,1,3-5H3,(H,25,29). The number of hydrogen-bond acceptors (Lipinski definition) is 8. The first-order valence-electron chi connectivity index (χ1n) is 10.4. The van der Waals surface area contributed by atoms with E-state index in [9.17, 15) is 4.79 Å². The van der Waals surface area contributed by atoms with Crippen LogP contribution in [0.1, 0.15) is 30.0 Å². The number of carbonyl (C=O) groups is 1. The third-order valence-electron chi connectivity index (χ3n) is 4.39. The average molecular weight is 455 g/mol. The molecule has 2 N–H and O–H groups in total. The van der Waals surface area contributed by atoms with Crippen LogP contribution in [0.15, 0.2) is 71.1 Å². The first-order chi connectivity index (χ1) is 16.0. The molecule has 0 heterocycles. The average Bonchev–Trinajstić information content (AvgIpc) is 2.85. The van der Waals surface area contributed by atoms with Gasteiger partial charge in [0.25, 0.3) is 5.91 Å². The quantitative estimate of drug-likeness (QED) is 0.356. The fourth-order valence-electron chi connectivity index (χ4n) is 2.85. The van der Waals surface area contributed by atoms with Gasteiger partial charge in [-0.1, -0.05) is 48.1 Å². The molecule has 0 radical (unpaired) electrons. The van der Waals surface area contributed by atoms with Gasteiger partial charge in [-0.3, -0.25) is 15.1 Å². The fraction of sp³-hybridized carbons (Fsp3) is 0.292. The van der Waals surface area contributed by atoms with Crippen molar-refractivity contribution >= 4 is 17.3 Å². The number of hydrogen-bond donors (Lipinski definition) is 2. The van der Waals surface area contributed by atoms with Gasteiger partial charge in [0.1, 0.15) is 32.3 Å². The number of hydroxylamine groups is 1. The summed E-state index contributed by atoms with van der Waals surface area (Å²) in [6.45, 7) is 6.82. The number of rotatable bonds is 13. The number of nitrogens with zero attached hydrogens (tertiary/aromatic N) is 2. The molecule has 0 aromatic heterocycles. The molecule has 9 nitrogen and oxygen atoms in total. The van der Waals surface area contributed by atoms with Crippen molar-refractivity contribution in [2.24, 2.45) is 10.3 Å². The van der Waals surface area contributed by atoms with Crippen molar-refractivity contribution in [1.82, 2.24) is 10.8 Å². The Morgan fingerprint density at radius 2 is 1.67 bits per heavy atom. The second kappa shape index (κ2) is 13.5. The summed E-state index contributed by atoms with van der Waals surface area (Å²) in [7, 11) is 4.36. The third kappa shape index (κ3) is 7.36. The molecule has 0 aliphatic carbocycles. The maximum Gasteiger partial charge on any atom is 0.273 e. The first kappa shape index (κ1) is 25.4. The predicted octanol–water partition coefficient (Wildman–Crippen LogP) is 3.16. The molecule has 2 aromatic carbocycles. The van der Waals surface area contributed by atoms with E-state index in [-0.39, 0.29) is 18.2 Å². The van der Waals surface area contributed by atoms with Crippen LogP contribution in [0.4, 0.5) is 0 Å². The Hall–Kier alpha value is -3.85. The minimum absolute atomic E-state index is 0.124. The minimum Gasteiger partial charge on any atom is -0.494 e. The first-order valence-corrected chi connectivity index (χ1v) is 10.4. The molecule has 2 rings (SSSR count). The lowest BCUT2D eigenvalue weighted by molar-refractivity contribution is -0.114. The van der Waals surface area contributed by atoms with E-state index in [1.54, 1.807) is 12.1 Å². The Kier molecular flexibility index (Phi) is 10.4. The number of nitrogens with one attached hydrogen (secondary N) is 2. The Bertz CT molecular complexity index is 987. The zero-order valence-corrected chi connectivity index (χ0v) is 19.4. The van der Waals surface area contributed by atoms with Crippen LogP contribution in [0.3, 0.4) is 0 Å². The molecular formula is C24H30N4O5. The summed E-state index contributed by atoms with van der Waals surface area (Å²) in [6.07, 6.45) is 0.932. The third-order valence-corrected chi connectivity index (χ3v) is 4.39. The predicted molar refractivity (Wildman–Crippen MR) is 127 cm³/mol. The van der Waals surface area contributed by atoms with Crippen molar-refractivity contribution in [2.45, 2.75) is 20.0 Å². The fourth-order valence-corrected chi connectivity index (χ4v) is 2.85. The summed E-state index contributed by atoms with van der Waals surface area (Å²) >= 11 is 0. The lowest BCUT2D eigenvalue weighted by Crippen LogP contribution is -2.29. The molecule has 0 bridgehead atoms. The Labute approximate surface area is 194 Å². The molecule has 1 amide bonds. The normalized spacial score (nSPS) is 11.5. The summed E-state index contributed by atoms with van der Waals surface area (Å²) in [5.41, 5.74) is 5.89. The minimum atomic E-state index is -0.373. The number of allylic oxidation sites excluding steroid dienone is 1. The van der Waals surface area contributed by atoms with Gasteiger partial charge in [0.05, 0.1) is 12.3 Å². The summed E-state index contributed by atoms with van der Waals surface area (Å²) in [5.74, 6) is 0.399. The van der Waals surface area contributed by atoms with Crippen molar-refractivity contribution in [3.63, 3.8) is 0 Å². The van der Waals surface area contributed by atoms with Gasteiger partial charge in [0.15, 0.2) is 5.71 Å². The Balaban J connectivity index is 2.10. The van der Waals surface area contributed by atoms with E-state index in [1.165, 1.54) is 21.3 Å². The number of oxime groups is 2. The Morgan fingerprint density at radius 3 is 2.30 bits per heavy atom. The van der Waals surface area contributed by atoms with Crippen LogP contribution >= 0.6 is 0 Å². The highest BCUT2D eigenvalue weighted by molar-refractivity contribution is 6.45. The maximum absolute atomic E-state index is 12.2. The molecule has 0 fully saturated rings. The number of likely N-dealkylation sites (N-methyl/N-ethyl adjacent to an activating group) is 1. The van der Waals surface area contributed by atoms with Crippen molar-refractivity contribution in [2.75, 3.05) is 27.9 Å². The number of benzene rings is 2. The van der Waals surface area contributed by atoms with Crippen LogP contribution in [-0.4, -0.2) is 45.2 Å². The lowest BCUT2D eigenvalue weighted by atomic mass is 10.0. The van der Waals surface area contributed by atoms with Crippen LogP contribution in [0, 0.1) is 0 Å². The molecular weight excluding hydrogens is 424 g/mol. The molecule has 0 saturated heterocycles. The summed E-state index contributed by atoms with van der Waals surface area (Å²) < 4.78 is 5.62. The van der Waals surface area contributed by atoms with Crippen LogP contribution in [0.5, 0.6) is 5.75 Å². The molecule has 0 aliphatic rings. The van der Waals surface area contributed by atoms with E-state index >= 15 is 0 Å². The van der Waals surface area contributed by atoms with Crippen LogP contribution in [-0.2, 0) is 25.9 Å². The second-order valence-electron chi connectivity index (χ2n) is 6.72. The van der Waals surface area contributed by atoms with Gasteiger partial charge in [-0.15, -0.1) is 0 Å². The van der Waals surface area contributed by atoms with Crippen molar-refractivity contribution in [3.8, 4) is 5.75 Å². The number of ether oxygens (including phenoxy) is 1. The van der Waals surface area contributed by atoms with Crippen molar-refractivity contribution in [1.29, 1.82) is 0 Å². The molecule has 9 heteroatoms. The summed E-state index contributed by atoms with van der Waals surface area (Å²) in [6, 6.07) is 14.7. The molecule has 0 aliphatic heterocycles. The van der Waals surface area contributed by atoms with Crippen LogP contribution in [0.25, 0.3) is 0 Å². The van der Waals surface area contributed by atoms with Gasteiger partial charge in [-0.25, -0.2) is 0 Å². The lowest BCUT2D eigenvalue weighted by Gasteiger charge is -2.14. The van der Waals surface area contributed by atoms with E-state index in [0.717, 1.165) is 23.3 Å². The van der Waals surface area contributed by atoms with E-state index in [2.05, 4.69) is 34.6 Å². The summed E-state index contributed by atoms with van der Waals surface area (Å²) in [4.78, 5) is 27.7. The number of amides is 1.